The molecule has 2 rings (SSSR count). The smallest absolute Gasteiger partial charge is 0.240 e. The Bertz CT molecular complexity index is 812. The van der Waals surface area contributed by atoms with Crippen molar-refractivity contribution >= 4 is 23.7 Å². The summed E-state index contributed by atoms with van der Waals surface area (Å²) in [6.45, 7) is 0. The van der Waals surface area contributed by atoms with Crippen LogP contribution in [0.15, 0.2) is 47.6 Å². The lowest BCUT2D eigenvalue weighted by atomic mass is 10.2. The van der Waals surface area contributed by atoms with Crippen molar-refractivity contribution < 1.29 is 23.8 Å². The lowest BCUT2D eigenvalue weighted by molar-refractivity contribution is -0.124. The minimum absolute atomic E-state index is 0.0191. The first-order chi connectivity index (χ1) is 13.6. The number of hydrogen-bond donors (Lipinski definition) is 2. The van der Waals surface area contributed by atoms with E-state index in [9.17, 15) is 9.59 Å². The number of hydrogen-bond acceptors (Lipinski definition) is 6. The maximum atomic E-state index is 11.9. The maximum Gasteiger partial charge on any atom is 0.240 e. The van der Waals surface area contributed by atoms with E-state index in [1.54, 1.807) is 24.3 Å². The number of para-hydroxylation sites is 1. The zero-order valence-electron chi connectivity index (χ0n) is 16.0. The summed E-state index contributed by atoms with van der Waals surface area (Å²) in [5, 5.41) is 6.62. The molecule has 28 heavy (non-hydrogen) atoms. The van der Waals surface area contributed by atoms with Gasteiger partial charge < -0.3 is 19.5 Å². The van der Waals surface area contributed by atoms with Crippen LogP contribution in [0.1, 0.15) is 18.4 Å². The highest BCUT2D eigenvalue weighted by Crippen LogP contribution is 2.37. The number of methoxy groups -OCH3 is 3. The van der Waals surface area contributed by atoms with Crippen molar-refractivity contribution in [3.8, 4) is 17.2 Å². The third-order valence-corrected chi connectivity index (χ3v) is 3.73. The summed E-state index contributed by atoms with van der Waals surface area (Å²) in [4.78, 5) is 23.7. The highest BCUT2D eigenvalue weighted by Gasteiger charge is 2.12. The predicted molar refractivity (Wildman–Crippen MR) is 106 cm³/mol. The molecular weight excluding hydrogens is 362 g/mol. The molecule has 8 heteroatoms. The van der Waals surface area contributed by atoms with Gasteiger partial charge in [-0.25, -0.2) is 5.43 Å². The second-order valence-corrected chi connectivity index (χ2v) is 5.67. The first-order valence-electron chi connectivity index (χ1n) is 8.54. The zero-order valence-corrected chi connectivity index (χ0v) is 16.0. The fourth-order valence-electron chi connectivity index (χ4n) is 2.38. The molecule has 0 aliphatic rings. The van der Waals surface area contributed by atoms with Gasteiger partial charge in [0.15, 0.2) is 11.5 Å². The molecule has 0 aliphatic heterocycles. The third-order valence-electron chi connectivity index (χ3n) is 3.73. The Morgan fingerprint density at radius 2 is 1.54 bits per heavy atom. The number of carbonyl (C=O) groups is 2. The Labute approximate surface area is 163 Å². The first kappa shape index (κ1) is 20.8. The number of nitrogens with zero attached hydrogens (tertiary/aromatic N) is 1. The van der Waals surface area contributed by atoms with Gasteiger partial charge in [-0.1, -0.05) is 18.2 Å². The molecule has 2 aromatic rings. The predicted octanol–water partition coefficient (Wildman–Crippen LogP) is 2.58. The van der Waals surface area contributed by atoms with Crippen LogP contribution in [0.4, 0.5) is 5.69 Å². The van der Waals surface area contributed by atoms with E-state index in [2.05, 4.69) is 15.8 Å². The normalized spacial score (nSPS) is 10.4. The molecule has 0 atom stereocenters. The van der Waals surface area contributed by atoms with Crippen LogP contribution >= 0.6 is 0 Å². The van der Waals surface area contributed by atoms with Crippen molar-refractivity contribution in [2.24, 2.45) is 5.10 Å². The van der Waals surface area contributed by atoms with Crippen LogP contribution in [-0.4, -0.2) is 39.4 Å². The van der Waals surface area contributed by atoms with Crippen LogP contribution in [0.5, 0.6) is 17.2 Å². The average molecular weight is 385 g/mol. The standard InChI is InChI=1S/C20H23N3O5/c1-26-16-11-14(12-17(27-2)20(16)28-3)13-21-23-19(25)10-9-18(24)22-15-7-5-4-6-8-15/h4-8,11-13H,9-10H2,1-3H3,(H,22,24)(H,23,25)/b21-13-. The number of nitrogens with one attached hydrogen (secondary N) is 2. The van der Waals surface area contributed by atoms with E-state index in [0.717, 1.165) is 0 Å². The largest absolute Gasteiger partial charge is 0.493 e. The number of amides is 2. The summed E-state index contributed by atoms with van der Waals surface area (Å²) in [5.74, 6) is 0.817. The third kappa shape index (κ3) is 6.01. The summed E-state index contributed by atoms with van der Waals surface area (Å²) in [5.41, 5.74) is 3.73. The quantitative estimate of drug-likeness (QED) is 0.511. The minimum atomic E-state index is -0.369. The monoisotopic (exact) mass is 385 g/mol. The van der Waals surface area contributed by atoms with E-state index in [4.69, 9.17) is 14.2 Å². The number of benzene rings is 2. The van der Waals surface area contributed by atoms with E-state index in [-0.39, 0.29) is 24.7 Å². The topological polar surface area (TPSA) is 98.2 Å². The van der Waals surface area contributed by atoms with Gasteiger partial charge in [-0.15, -0.1) is 0 Å². The fourth-order valence-corrected chi connectivity index (χ4v) is 2.38. The van der Waals surface area contributed by atoms with E-state index in [0.29, 0.717) is 28.5 Å². The number of carbonyl (C=O) groups excluding carboxylic acids is 2. The van der Waals surface area contributed by atoms with Gasteiger partial charge in [-0.3, -0.25) is 9.59 Å². The zero-order chi connectivity index (χ0) is 20.4. The Morgan fingerprint density at radius 1 is 0.929 bits per heavy atom. The van der Waals surface area contributed by atoms with Crippen LogP contribution in [0.3, 0.4) is 0 Å². The van der Waals surface area contributed by atoms with Gasteiger partial charge >= 0.3 is 0 Å². The molecular formula is C20H23N3O5. The van der Waals surface area contributed by atoms with Crippen molar-refractivity contribution in [2.75, 3.05) is 26.6 Å². The second-order valence-electron chi connectivity index (χ2n) is 5.67. The Hall–Kier alpha value is -3.55. The molecule has 0 saturated carbocycles. The van der Waals surface area contributed by atoms with Gasteiger partial charge in [-0.2, -0.15) is 5.10 Å². The summed E-state index contributed by atoms with van der Waals surface area (Å²) in [6.07, 6.45) is 1.53. The summed E-state index contributed by atoms with van der Waals surface area (Å²) >= 11 is 0. The molecule has 0 radical (unpaired) electrons. The molecule has 0 bridgehead atoms. The van der Waals surface area contributed by atoms with Crippen LogP contribution in [0.25, 0.3) is 0 Å². The van der Waals surface area contributed by atoms with Gasteiger partial charge in [-0.05, 0) is 24.3 Å². The van der Waals surface area contributed by atoms with Crippen LogP contribution < -0.4 is 25.0 Å². The van der Waals surface area contributed by atoms with Crippen LogP contribution in [0.2, 0.25) is 0 Å². The number of ether oxygens (including phenoxy) is 3. The lowest BCUT2D eigenvalue weighted by Crippen LogP contribution is -2.20. The SMILES string of the molecule is COc1cc(/C=N\NC(=O)CCC(=O)Nc2ccccc2)cc(OC)c1OC. The minimum Gasteiger partial charge on any atom is -0.493 e. The molecule has 0 spiro atoms. The van der Waals surface area contributed by atoms with E-state index >= 15 is 0 Å². The van der Waals surface area contributed by atoms with E-state index in [1.807, 2.05) is 18.2 Å². The molecule has 0 aliphatic carbocycles. The van der Waals surface area contributed by atoms with Crippen LogP contribution in [-0.2, 0) is 9.59 Å². The van der Waals surface area contributed by atoms with E-state index < -0.39 is 0 Å². The molecule has 0 unspecified atom stereocenters. The van der Waals surface area contributed by atoms with Gasteiger partial charge in [0.25, 0.3) is 0 Å². The van der Waals surface area contributed by atoms with Crippen molar-refractivity contribution in [1.29, 1.82) is 0 Å². The summed E-state index contributed by atoms with van der Waals surface area (Å²) in [6, 6.07) is 12.4. The Kier molecular flexibility index (Phi) is 7.83. The lowest BCUT2D eigenvalue weighted by Gasteiger charge is -2.12. The number of rotatable bonds is 9. The second kappa shape index (κ2) is 10.6. The number of anilines is 1. The maximum absolute atomic E-state index is 11.9. The van der Waals surface area contributed by atoms with Gasteiger partial charge in [0.1, 0.15) is 0 Å². The van der Waals surface area contributed by atoms with E-state index in [1.165, 1.54) is 27.5 Å². The molecule has 8 nitrogen and oxygen atoms in total. The molecule has 0 aromatic heterocycles. The average Bonchev–Trinajstić information content (AvgIpc) is 2.72. The molecule has 2 N–H and O–H groups in total. The molecule has 0 saturated heterocycles. The highest BCUT2D eigenvalue weighted by molar-refractivity contribution is 5.93. The first-order valence-corrected chi connectivity index (χ1v) is 8.54. The number of hydrazone groups is 1. The molecule has 148 valence electrons. The molecule has 0 fully saturated rings. The summed E-state index contributed by atoms with van der Waals surface area (Å²) < 4.78 is 15.8. The van der Waals surface area contributed by atoms with Crippen molar-refractivity contribution in [2.45, 2.75) is 12.8 Å². The summed E-state index contributed by atoms with van der Waals surface area (Å²) in [7, 11) is 4.54. The van der Waals surface area contributed by atoms with Gasteiger partial charge in [0.05, 0.1) is 27.5 Å². The Balaban J connectivity index is 1.86. The highest BCUT2D eigenvalue weighted by atomic mass is 16.5. The Morgan fingerprint density at radius 3 is 2.11 bits per heavy atom. The molecule has 2 amide bonds. The van der Waals surface area contributed by atoms with Crippen molar-refractivity contribution in [3.63, 3.8) is 0 Å². The van der Waals surface area contributed by atoms with Gasteiger partial charge in [0.2, 0.25) is 17.6 Å². The fraction of sp³-hybridized carbons (Fsp3) is 0.250. The molecule has 0 heterocycles. The van der Waals surface area contributed by atoms with Crippen LogP contribution in [0, 0.1) is 0 Å². The molecule has 2 aromatic carbocycles. The van der Waals surface area contributed by atoms with Gasteiger partial charge in [0, 0.05) is 24.1 Å². The van der Waals surface area contributed by atoms with Crippen molar-refractivity contribution in [1.82, 2.24) is 5.43 Å². The van der Waals surface area contributed by atoms with Crippen molar-refractivity contribution in [3.05, 3.63) is 48.0 Å².